The molecule has 4 unspecified atom stereocenters. The van der Waals surface area contributed by atoms with Gasteiger partial charge in [0.25, 0.3) is 0 Å². The first-order valence-electron chi connectivity index (χ1n) is 3.42. The minimum atomic E-state index is -0.969. The molecular weight excluding hydrogens is 134 g/mol. The van der Waals surface area contributed by atoms with Gasteiger partial charge in [0.1, 0.15) is 0 Å². The Morgan fingerprint density at radius 1 is 1.00 bits per heavy atom. The van der Waals surface area contributed by atoms with E-state index in [2.05, 4.69) is 0 Å². The highest BCUT2D eigenvalue weighted by atomic mass is 16.3. The second kappa shape index (κ2) is 2.84. The van der Waals surface area contributed by atoms with Crippen LogP contribution in [0.4, 0.5) is 0 Å². The third-order valence-electron chi connectivity index (χ3n) is 1.99. The summed E-state index contributed by atoms with van der Waals surface area (Å²) >= 11 is 0. The maximum Gasteiger partial charge on any atom is 0.0974 e. The first-order valence-corrected chi connectivity index (χ1v) is 3.42. The van der Waals surface area contributed by atoms with Gasteiger partial charge in [-0.15, -0.1) is 0 Å². The van der Waals surface area contributed by atoms with Crippen molar-refractivity contribution >= 4 is 0 Å². The van der Waals surface area contributed by atoms with E-state index >= 15 is 0 Å². The zero-order valence-electron chi connectivity index (χ0n) is 5.64. The Morgan fingerprint density at radius 2 is 1.50 bits per heavy atom. The summed E-state index contributed by atoms with van der Waals surface area (Å²) in [6.45, 7) is 0. The van der Waals surface area contributed by atoms with E-state index in [0.717, 1.165) is 0 Å². The van der Waals surface area contributed by atoms with E-state index in [0.29, 0.717) is 12.8 Å². The lowest BCUT2D eigenvalue weighted by molar-refractivity contribution is -0.0645. The highest BCUT2D eigenvalue weighted by Crippen LogP contribution is 2.17. The van der Waals surface area contributed by atoms with Crippen LogP contribution in [0.15, 0.2) is 0 Å². The minimum absolute atomic E-state index is 0.427. The molecular formula is C6H13NO3. The molecule has 4 nitrogen and oxygen atoms in total. The van der Waals surface area contributed by atoms with Gasteiger partial charge in [-0.3, -0.25) is 0 Å². The van der Waals surface area contributed by atoms with Crippen molar-refractivity contribution in [2.24, 2.45) is 5.73 Å². The first kappa shape index (κ1) is 7.94. The molecule has 0 spiro atoms. The molecule has 4 heteroatoms. The zero-order valence-corrected chi connectivity index (χ0v) is 5.64. The number of nitrogens with two attached hydrogens (primary N) is 1. The largest absolute Gasteiger partial charge is 0.391 e. The van der Waals surface area contributed by atoms with Crippen LogP contribution in [0, 0.1) is 0 Å². The molecule has 1 saturated carbocycles. The summed E-state index contributed by atoms with van der Waals surface area (Å²) in [5, 5.41) is 27.2. The summed E-state index contributed by atoms with van der Waals surface area (Å²) in [6, 6.07) is -0.691. The van der Waals surface area contributed by atoms with Crippen LogP contribution in [0.2, 0.25) is 0 Å². The van der Waals surface area contributed by atoms with Gasteiger partial charge in [-0.1, -0.05) is 0 Å². The lowest BCUT2D eigenvalue weighted by Crippen LogP contribution is -2.54. The third-order valence-corrected chi connectivity index (χ3v) is 1.99. The molecule has 1 aliphatic rings. The minimum Gasteiger partial charge on any atom is -0.391 e. The van der Waals surface area contributed by atoms with E-state index < -0.39 is 24.4 Å². The predicted octanol–water partition coefficient (Wildman–Crippen LogP) is -1.81. The zero-order chi connectivity index (χ0) is 7.72. The van der Waals surface area contributed by atoms with Crippen LogP contribution in [-0.4, -0.2) is 39.7 Å². The third kappa shape index (κ3) is 1.29. The van der Waals surface area contributed by atoms with E-state index in [1.807, 2.05) is 0 Å². The van der Waals surface area contributed by atoms with Crippen molar-refractivity contribution in [3.05, 3.63) is 0 Å². The summed E-state index contributed by atoms with van der Waals surface area (Å²) in [6.07, 6.45) is -1.50. The van der Waals surface area contributed by atoms with Crippen molar-refractivity contribution in [2.75, 3.05) is 0 Å². The fourth-order valence-electron chi connectivity index (χ4n) is 1.19. The Morgan fingerprint density at radius 3 is 2.00 bits per heavy atom. The molecule has 1 fully saturated rings. The van der Waals surface area contributed by atoms with E-state index in [1.165, 1.54) is 0 Å². The molecule has 0 aromatic carbocycles. The molecule has 60 valence electrons. The van der Waals surface area contributed by atoms with Crippen LogP contribution < -0.4 is 5.73 Å². The average molecular weight is 147 g/mol. The molecule has 0 aliphatic heterocycles. The Labute approximate surface area is 59.3 Å². The topological polar surface area (TPSA) is 86.7 Å². The lowest BCUT2D eigenvalue weighted by Gasteiger charge is -2.32. The standard InChI is InChI=1S/C6H13NO3/c7-5-3(8)1-2-4(9)6(5)10/h3-6,8-10H,1-2,7H2. The average Bonchev–Trinajstić information content (AvgIpc) is 1.93. The molecule has 0 saturated heterocycles. The van der Waals surface area contributed by atoms with Gasteiger partial charge in [0.15, 0.2) is 0 Å². The van der Waals surface area contributed by atoms with Gasteiger partial charge in [-0.25, -0.2) is 0 Å². The van der Waals surface area contributed by atoms with E-state index in [4.69, 9.17) is 21.1 Å². The van der Waals surface area contributed by atoms with Crippen molar-refractivity contribution in [3.8, 4) is 0 Å². The van der Waals surface area contributed by atoms with Crippen LogP contribution in [0.3, 0.4) is 0 Å². The predicted molar refractivity (Wildman–Crippen MR) is 35.2 cm³/mol. The van der Waals surface area contributed by atoms with Crippen molar-refractivity contribution in [1.29, 1.82) is 0 Å². The van der Waals surface area contributed by atoms with Crippen LogP contribution >= 0.6 is 0 Å². The Bertz CT molecular complexity index is 106. The monoisotopic (exact) mass is 147 g/mol. The molecule has 5 N–H and O–H groups in total. The number of rotatable bonds is 0. The van der Waals surface area contributed by atoms with Gasteiger partial charge in [0.2, 0.25) is 0 Å². The van der Waals surface area contributed by atoms with Crippen molar-refractivity contribution in [1.82, 2.24) is 0 Å². The number of aliphatic hydroxyl groups is 3. The van der Waals surface area contributed by atoms with Gasteiger partial charge in [-0.05, 0) is 12.8 Å². The highest BCUT2D eigenvalue weighted by molar-refractivity contribution is 4.89. The van der Waals surface area contributed by atoms with Crippen LogP contribution in [-0.2, 0) is 0 Å². The molecule has 0 amide bonds. The van der Waals surface area contributed by atoms with Gasteiger partial charge in [-0.2, -0.15) is 0 Å². The molecule has 1 aliphatic carbocycles. The quantitative estimate of drug-likeness (QED) is 0.325. The SMILES string of the molecule is NC1C(O)CCC(O)C1O. The highest BCUT2D eigenvalue weighted by Gasteiger charge is 2.33. The summed E-state index contributed by atoms with van der Waals surface area (Å²) in [7, 11) is 0. The second-order valence-electron chi connectivity index (χ2n) is 2.78. The molecule has 1 rings (SSSR count). The van der Waals surface area contributed by atoms with Crippen molar-refractivity contribution < 1.29 is 15.3 Å². The summed E-state index contributed by atoms with van der Waals surface area (Å²) in [5.41, 5.74) is 5.35. The second-order valence-corrected chi connectivity index (χ2v) is 2.78. The van der Waals surface area contributed by atoms with Gasteiger partial charge in [0.05, 0.1) is 24.4 Å². The van der Waals surface area contributed by atoms with Gasteiger partial charge in [0, 0.05) is 0 Å². The smallest absolute Gasteiger partial charge is 0.0974 e. The van der Waals surface area contributed by atoms with Crippen LogP contribution in [0.1, 0.15) is 12.8 Å². The van der Waals surface area contributed by atoms with Gasteiger partial charge >= 0.3 is 0 Å². The Balaban J connectivity index is 2.52. The van der Waals surface area contributed by atoms with Crippen molar-refractivity contribution in [3.63, 3.8) is 0 Å². The number of hydrogen-bond acceptors (Lipinski definition) is 4. The Hall–Kier alpha value is -0.160. The number of hydrogen-bond donors (Lipinski definition) is 4. The van der Waals surface area contributed by atoms with Crippen LogP contribution in [0.25, 0.3) is 0 Å². The molecule has 0 aromatic heterocycles. The summed E-state index contributed by atoms with van der Waals surface area (Å²) in [5.74, 6) is 0. The molecule has 10 heavy (non-hydrogen) atoms. The fraction of sp³-hybridized carbons (Fsp3) is 1.00. The Kier molecular flexibility index (Phi) is 2.25. The van der Waals surface area contributed by atoms with Crippen LogP contribution in [0.5, 0.6) is 0 Å². The molecule has 0 heterocycles. The molecule has 0 radical (unpaired) electrons. The van der Waals surface area contributed by atoms with E-state index in [9.17, 15) is 0 Å². The fourth-order valence-corrected chi connectivity index (χ4v) is 1.19. The first-order chi connectivity index (χ1) is 4.63. The normalized spacial score (nSPS) is 49.2. The molecule has 0 aromatic rings. The maximum absolute atomic E-state index is 9.08. The maximum atomic E-state index is 9.08. The molecule has 0 bridgehead atoms. The molecule has 4 atom stereocenters. The summed E-state index contributed by atoms with van der Waals surface area (Å²) < 4.78 is 0. The van der Waals surface area contributed by atoms with Crippen molar-refractivity contribution in [2.45, 2.75) is 37.2 Å². The number of aliphatic hydroxyl groups excluding tert-OH is 3. The lowest BCUT2D eigenvalue weighted by atomic mass is 9.88. The van der Waals surface area contributed by atoms with Gasteiger partial charge < -0.3 is 21.1 Å². The summed E-state index contributed by atoms with van der Waals surface area (Å²) in [4.78, 5) is 0. The van der Waals surface area contributed by atoms with E-state index in [1.54, 1.807) is 0 Å². The van der Waals surface area contributed by atoms with E-state index in [-0.39, 0.29) is 0 Å².